The lowest BCUT2D eigenvalue weighted by atomic mass is 10.0. The molecule has 1 heterocycles. The Balaban J connectivity index is 2.54. The van der Waals surface area contributed by atoms with Gasteiger partial charge in [0.2, 0.25) is 11.8 Å². The average molecular weight is 375 g/mol. The van der Waals surface area contributed by atoms with Gasteiger partial charge in [0, 0.05) is 5.56 Å². The van der Waals surface area contributed by atoms with Gasteiger partial charge >= 0.3 is 12.0 Å². The second kappa shape index (κ2) is 9.37. The minimum atomic E-state index is -0.566. The zero-order valence-electron chi connectivity index (χ0n) is 15.8. The summed E-state index contributed by atoms with van der Waals surface area (Å²) in [5.41, 5.74) is 1.17. The molecule has 0 aliphatic carbocycles. The van der Waals surface area contributed by atoms with E-state index >= 15 is 0 Å². The van der Waals surface area contributed by atoms with Crippen LogP contribution >= 0.6 is 0 Å². The average Bonchev–Trinajstić information content (AvgIpc) is 2.67. The van der Waals surface area contributed by atoms with Gasteiger partial charge in [-0.1, -0.05) is 17.3 Å². The van der Waals surface area contributed by atoms with Gasteiger partial charge in [-0.2, -0.15) is 9.97 Å². The second-order valence-electron chi connectivity index (χ2n) is 5.10. The number of ether oxygens (including phenoxy) is 4. The number of methoxy groups -OCH3 is 2. The topological polar surface area (TPSA) is 101 Å². The Morgan fingerprint density at radius 2 is 1.78 bits per heavy atom. The number of nitrogens with zero attached hydrogens (tertiary/aromatic N) is 3. The van der Waals surface area contributed by atoms with Crippen LogP contribution in [0.5, 0.6) is 23.5 Å². The molecule has 0 N–H and O–H groups in total. The number of hydrogen-bond acceptors (Lipinski definition) is 9. The molecule has 0 saturated heterocycles. The SMILES string of the molecule is CCOC(=O)c1c(Oc2nc(OC)cc(OC)n2)cccc1C(C)=NOC. The van der Waals surface area contributed by atoms with Crippen molar-refractivity contribution in [1.29, 1.82) is 0 Å². The summed E-state index contributed by atoms with van der Waals surface area (Å²) >= 11 is 0. The molecule has 9 heteroatoms. The van der Waals surface area contributed by atoms with Gasteiger partial charge in [-0.05, 0) is 19.9 Å². The third kappa shape index (κ3) is 4.84. The van der Waals surface area contributed by atoms with Crippen LogP contribution in [0.15, 0.2) is 29.4 Å². The maximum atomic E-state index is 12.5. The first-order chi connectivity index (χ1) is 13.0. The molecule has 0 spiro atoms. The maximum absolute atomic E-state index is 12.5. The van der Waals surface area contributed by atoms with Crippen LogP contribution in [-0.4, -0.2) is 49.6 Å². The highest BCUT2D eigenvalue weighted by atomic mass is 16.6. The minimum absolute atomic E-state index is 0.0461. The highest BCUT2D eigenvalue weighted by molar-refractivity contribution is 6.09. The molecule has 0 fully saturated rings. The highest BCUT2D eigenvalue weighted by Gasteiger charge is 2.22. The van der Waals surface area contributed by atoms with Gasteiger partial charge in [-0.25, -0.2) is 4.79 Å². The molecule has 0 saturated carbocycles. The fourth-order valence-corrected chi connectivity index (χ4v) is 2.25. The van der Waals surface area contributed by atoms with Gasteiger partial charge in [0.25, 0.3) is 0 Å². The van der Waals surface area contributed by atoms with Crippen LogP contribution in [0.3, 0.4) is 0 Å². The second-order valence-corrected chi connectivity index (χ2v) is 5.10. The number of benzene rings is 1. The Bertz CT molecular complexity index is 816. The summed E-state index contributed by atoms with van der Waals surface area (Å²) in [6.07, 6.45) is 0. The van der Waals surface area contributed by atoms with E-state index in [0.717, 1.165) is 0 Å². The van der Waals surface area contributed by atoms with Crippen molar-refractivity contribution in [3.8, 4) is 23.5 Å². The Kier molecular flexibility index (Phi) is 6.93. The summed E-state index contributed by atoms with van der Waals surface area (Å²) in [6, 6.07) is 6.48. The summed E-state index contributed by atoms with van der Waals surface area (Å²) in [5, 5.41) is 3.88. The summed E-state index contributed by atoms with van der Waals surface area (Å²) in [5.74, 6) is 0.140. The molecule has 0 amide bonds. The van der Waals surface area contributed by atoms with Crippen molar-refractivity contribution in [2.75, 3.05) is 27.9 Å². The van der Waals surface area contributed by atoms with E-state index in [1.54, 1.807) is 32.0 Å². The lowest BCUT2D eigenvalue weighted by molar-refractivity contribution is 0.0523. The Morgan fingerprint density at radius 3 is 2.33 bits per heavy atom. The fraction of sp³-hybridized carbons (Fsp3) is 0.333. The molecule has 0 aliphatic heterocycles. The van der Waals surface area contributed by atoms with Crippen molar-refractivity contribution >= 4 is 11.7 Å². The van der Waals surface area contributed by atoms with Crippen LogP contribution in [0, 0.1) is 0 Å². The van der Waals surface area contributed by atoms with Crippen molar-refractivity contribution in [1.82, 2.24) is 9.97 Å². The number of aromatic nitrogens is 2. The fourth-order valence-electron chi connectivity index (χ4n) is 2.25. The van der Waals surface area contributed by atoms with E-state index in [1.807, 2.05) is 0 Å². The molecule has 2 rings (SSSR count). The van der Waals surface area contributed by atoms with E-state index in [0.29, 0.717) is 11.3 Å². The molecule has 144 valence electrons. The molecule has 0 aliphatic rings. The first-order valence-corrected chi connectivity index (χ1v) is 8.07. The summed E-state index contributed by atoms with van der Waals surface area (Å²) in [6.45, 7) is 3.63. The van der Waals surface area contributed by atoms with Crippen molar-refractivity contribution in [3.63, 3.8) is 0 Å². The number of carbonyl (C=O) groups excluding carboxylic acids is 1. The Morgan fingerprint density at radius 1 is 1.11 bits per heavy atom. The van der Waals surface area contributed by atoms with Gasteiger partial charge < -0.3 is 23.8 Å². The number of esters is 1. The molecule has 0 bridgehead atoms. The summed E-state index contributed by atoms with van der Waals surface area (Å²) in [4.78, 5) is 25.6. The minimum Gasteiger partial charge on any atom is -0.481 e. The van der Waals surface area contributed by atoms with Crippen LogP contribution in [0.1, 0.15) is 29.8 Å². The quantitative estimate of drug-likeness (QED) is 0.394. The smallest absolute Gasteiger partial charge is 0.342 e. The third-order valence-electron chi connectivity index (χ3n) is 3.40. The molecule has 0 unspecified atom stereocenters. The van der Waals surface area contributed by atoms with Crippen LogP contribution < -0.4 is 14.2 Å². The van der Waals surface area contributed by atoms with Crippen molar-refractivity contribution in [2.24, 2.45) is 5.16 Å². The Labute approximate surface area is 156 Å². The molecule has 1 aromatic carbocycles. The van der Waals surface area contributed by atoms with Crippen molar-refractivity contribution in [2.45, 2.75) is 13.8 Å². The molecule has 0 atom stereocenters. The van der Waals surface area contributed by atoms with Gasteiger partial charge in [-0.3, -0.25) is 0 Å². The van der Waals surface area contributed by atoms with Gasteiger partial charge in [-0.15, -0.1) is 0 Å². The number of carbonyl (C=O) groups is 1. The molecule has 9 nitrogen and oxygen atoms in total. The largest absolute Gasteiger partial charge is 0.481 e. The van der Waals surface area contributed by atoms with E-state index in [4.69, 9.17) is 23.8 Å². The van der Waals surface area contributed by atoms with Crippen LogP contribution in [0.25, 0.3) is 0 Å². The molecule has 27 heavy (non-hydrogen) atoms. The van der Waals surface area contributed by atoms with E-state index in [9.17, 15) is 4.79 Å². The molecular weight excluding hydrogens is 354 g/mol. The number of oxime groups is 1. The monoisotopic (exact) mass is 375 g/mol. The van der Waals surface area contributed by atoms with E-state index < -0.39 is 5.97 Å². The van der Waals surface area contributed by atoms with Crippen molar-refractivity contribution < 1.29 is 28.6 Å². The van der Waals surface area contributed by atoms with Gasteiger partial charge in [0.1, 0.15) is 18.4 Å². The lowest BCUT2D eigenvalue weighted by Gasteiger charge is -2.14. The van der Waals surface area contributed by atoms with E-state index in [1.165, 1.54) is 27.4 Å². The number of rotatable bonds is 8. The normalized spacial score (nSPS) is 10.9. The zero-order chi connectivity index (χ0) is 19.8. The van der Waals surface area contributed by atoms with E-state index in [2.05, 4.69) is 15.1 Å². The van der Waals surface area contributed by atoms with Gasteiger partial charge in [0.05, 0.1) is 32.6 Å². The summed E-state index contributed by atoms with van der Waals surface area (Å²) < 4.78 is 21.1. The van der Waals surface area contributed by atoms with Crippen molar-refractivity contribution in [3.05, 3.63) is 35.4 Å². The first kappa shape index (κ1) is 20.0. The summed E-state index contributed by atoms with van der Waals surface area (Å²) in [7, 11) is 4.34. The maximum Gasteiger partial charge on any atom is 0.342 e. The first-order valence-electron chi connectivity index (χ1n) is 8.07. The van der Waals surface area contributed by atoms with E-state index in [-0.39, 0.29) is 35.7 Å². The predicted molar refractivity (Wildman–Crippen MR) is 96.8 cm³/mol. The van der Waals surface area contributed by atoms with Crippen LogP contribution in [0.2, 0.25) is 0 Å². The predicted octanol–water partition coefficient (Wildman–Crippen LogP) is 2.83. The Hall–Kier alpha value is -3.36. The van der Waals surface area contributed by atoms with Gasteiger partial charge in [0.15, 0.2) is 0 Å². The number of hydrogen-bond donors (Lipinski definition) is 0. The molecule has 0 radical (unpaired) electrons. The zero-order valence-corrected chi connectivity index (χ0v) is 15.8. The lowest BCUT2D eigenvalue weighted by Crippen LogP contribution is -2.13. The molecule has 2 aromatic rings. The van der Waals surface area contributed by atoms with Crippen LogP contribution in [0.4, 0.5) is 0 Å². The van der Waals surface area contributed by atoms with Crippen LogP contribution in [-0.2, 0) is 9.57 Å². The standard InChI is InChI=1S/C18H21N3O6/c1-6-26-17(22)16-12(11(2)21-25-5)8-7-9-13(16)27-18-19-14(23-3)10-15(20-18)24-4/h7-10H,6H2,1-5H3. The molecule has 1 aromatic heterocycles. The molecular formula is C18H21N3O6. The highest BCUT2D eigenvalue weighted by Crippen LogP contribution is 2.29. The third-order valence-corrected chi connectivity index (χ3v) is 3.40.